The average Bonchev–Trinajstić information content (AvgIpc) is 2.98. The molecular weight excluding hydrogens is 329 g/mol. The second-order valence-corrected chi connectivity index (χ2v) is 8.81. The van der Waals surface area contributed by atoms with Crippen LogP contribution < -0.4 is 0 Å². The van der Waals surface area contributed by atoms with Crippen molar-refractivity contribution in [1.29, 1.82) is 0 Å². The molecule has 0 radical (unpaired) electrons. The molecule has 2 heterocycles. The van der Waals surface area contributed by atoms with E-state index in [0.29, 0.717) is 26.1 Å². The van der Waals surface area contributed by atoms with Crippen molar-refractivity contribution in [1.82, 2.24) is 14.8 Å². The van der Waals surface area contributed by atoms with E-state index in [2.05, 4.69) is 4.98 Å². The normalized spacial score (nSPS) is 22.9. The maximum atomic E-state index is 13.7. The van der Waals surface area contributed by atoms with Gasteiger partial charge in [-0.25, -0.2) is 17.8 Å². The van der Waals surface area contributed by atoms with E-state index in [9.17, 15) is 17.6 Å². The lowest BCUT2D eigenvalue weighted by molar-refractivity contribution is -0.127. The third kappa shape index (κ3) is 4.99. The number of likely N-dealkylation sites (tertiary alicyclic amines) is 1. The SMILES string of the molecule is CN(C[C@@H]1C[C@H](F)CN1Cc1nccs1)C(=O)CS(C)(=O)=O. The predicted molar refractivity (Wildman–Crippen MR) is 83.2 cm³/mol. The fourth-order valence-electron chi connectivity index (χ4n) is 2.56. The molecule has 1 aliphatic rings. The Labute approximate surface area is 133 Å². The van der Waals surface area contributed by atoms with E-state index < -0.39 is 27.7 Å². The van der Waals surface area contributed by atoms with Gasteiger partial charge < -0.3 is 4.90 Å². The van der Waals surface area contributed by atoms with Gasteiger partial charge in [-0.1, -0.05) is 0 Å². The van der Waals surface area contributed by atoms with Crippen LogP contribution in [0.15, 0.2) is 11.6 Å². The third-order valence-corrected chi connectivity index (χ3v) is 5.13. The summed E-state index contributed by atoms with van der Waals surface area (Å²) in [6.07, 6.45) is 2.16. The minimum atomic E-state index is -3.35. The van der Waals surface area contributed by atoms with Crippen LogP contribution in [0, 0.1) is 0 Å². The molecule has 9 heteroatoms. The number of likely N-dealkylation sites (N-methyl/N-ethyl adjacent to an activating group) is 1. The highest BCUT2D eigenvalue weighted by Crippen LogP contribution is 2.24. The Morgan fingerprint density at radius 3 is 2.91 bits per heavy atom. The van der Waals surface area contributed by atoms with Crippen molar-refractivity contribution in [3.63, 3.8) is 0 Å². The Morgan fingerprint density at radius 2 is 2.32 bits per heavy atom. The summed E-state index contributed by atoms with van der Waals surface area (Å²) in [6.45, 7) is 1.19. The first-order valence-corrected chi connectivity index (χ1v) is 9.87. The highest BCUT2D eigenvalue weighted by Gasteiger charge is 2.34. The van der Waals surface area contributed by atoms with Gasteiger partial charge in [0.05, 0.1) is 6.54 Å². The monoisotopic (exact) mass is 349 g/mol. The summed E-state index contributed by atoms with van der Waals surface area (Å²) in [5.74, 6) is -0.971. The Bertz CT molecular complexity index is 606. The third-order valence-electron chi connectivity index (χ3n) is 3.59. The van der Waals surface area contributed by atoms with Crippen LogP contribution >= 0.6 is 11.3 Å². The number of thiazole rings is 1. The van der Waals surface area contributed by atoms with E-state index >= 15 is 0 Å². The van der Waals surface area contributed by atoms with Crippen molar-refractivity contribution in [2.75, 3.05) is 32.1 Å². The fraction of sp³-hybridized carbons (Fsp3) is 0.692. The van der Waals surface area contributed by atoms with Gasteiger partial charge in [0.2, 0.25) is 5.91 Å². The molecule has 0 bridgehead atoms. The van der Waals surface area contributed by atoms with Crippen LogP contribution in [-0.2, 0) is 21.2 Å². The van der Waals surface area contributed by atoms with Crippen LogP contribution in [-0.4, -0.2) is 73.5 Å². The van der Waals surface area contributed by atoms with E-state index in [-0.39, 0.29) is 6.04 Å². The van der Waals surface area contributed by atoms with E-state index in [1.54, 1.807) is 13.2 Å². The molecule has 0 spiro atoms. The Hall–Kier alpha value is -1.06. The van der Waals surface area contributed by atoms with Gasteiger partial charge in [-0.15, -0.1) is 11.3 Å². The highest BCUT2D eigenvalue weighted by atomic mass is 32.2. The smallest absolute Gasteiger partial charge is 0.237 e. The maximum Gasteiger partial charge on any atom is 0.237 e. The lowest BCUT2D eigenvalue weighted by Gasteiger charge is -2.27. The summed E-state index contributed by atoms with van der Waals surface area (Å²) in [4.78, 5) is 19.4. The fourth-order valence-corrected chi connectivity index (χ4v) is 3.87. The highest BCUT2D eigenvalue weighted by molar-refractivity contribution is 7.91. The summed E-state index contributed by atoms with van der Waals surface area (Å²) >= 11 is 1.51. The van der Waals surface area contributed by atoms with Gasteiger partial charge in [0.15, 0.2) is 9.84 Å². The molecular formula is C13H20FN3O3S2. The Morgan fingerprint density at radius 1 is 1.59 bits per heavy atom. The molecule has 124 valence electrons. The molecule has 2 rings (SSSR count). The van der Waals surface area contributed by atoms with Crippen molar-refractivity contribution in [2.24, 2.45) is 0 Å². The molecule has 1 fully saturated rings. The van der Waals surface area contributed by atoms with Gasteiger partial charge in [0.25, 0.3) is 0 Å². The van der Waals surface area contributed by atoms with Crippen LogP contribution in [0.2, 0.25) is 0 Å². The standard InChI is InChI=1S/C13H20FN3O3S2/c1-16(13(18)9-22(2,19)20)7-11-5-10(14)6-17(11)8-12-15-3-4-21-12/h3-4,10-11H,5-9H2,1-2H3/t10-,11-/m0/s1. The lowest BCUT2D eigenvalue weighted by Crippen LogP contribution is -2.42. The minimum Gasteiger partial charge on any atom is -0.343 e. The average molecular weight is 349 g/mol. The zero-order valence-electron chi connectivity index (χ0n) is 12.6. The second-order valence-electron chi connectivity index (χ2n) is 5.69. The number of hydrogen-bond donors (Lipinski definition) is 0. The van der Waals surface area contributed by atoms with Crippen LogP contribution in [0.3, 0.4) is 0 Å². The number of carbonyl (C=O) groups excluding carboxylic acids is 1. The predicted octanol–water partition coefficient (Wildman–Crippen LogP) is 0.558. The molecule has 1 aromatic heterocycles. The quantitative estimate of drug-likeness (QED) is 0.750. The first kappa shape index (κ1) is 17.3. The number of aromatic nitrogens is 1. The molecule has 6 nitrogen and oxygen atoms in total. The molecule has 0 saturated carbocycles. The maximum absolute atomic E-state index is 13.7. The summed E-state index contributed by atoms with van der Waals surface area (Å²) < 4.78 is 36.1. The zero-order valence-corrected chi connectivity index (χ0v) is 14.2. The number of halogens is 1. The first-order valence-electron chi connectivity index (χ1n) is 6.93. The van der Waals surface area contributed by atoms with Gasteiger partial charge in [-0.2, -0.15) is 0 Å². The van der Waals surface area contributed by atoms with Crippen LogP contribution in [0.25, 0.3) is 0 Å². The van der Waals surface area contributed by atoms with Crippen molar-refractivity contribution >= 4 is 27.1 Å². The summed E-state index contributed by atoms with van der Waals surface area (Å²) in [5.41, 5.74) is 0. The van der Waals surface area contributed by atoms with Crippen molar-refractivity contribution in [3.05, 3.63) is 16.6 Å². The number of hydrogen-bond acceptors (Lipinski definition) is 6. The van der Waals surface area contributed by atoms with Crippen LogP contribution in [0.5, 0.6) is 0 Å². The molecule has 0 unspecified atom stereocenters. The van der Waals surface area contributed by atoms with E-state index in [0.717, 1.165) is 11.3 Å². The van der Waals surface area contributed by atoms with E-state index in [1.165, 1.54) is 16.2 Å². The molecule has 1 saturated heterocycles. The summed E-state index contributed by atoms with van der Waals surface area (Å²) in [7, 11) is -1.80. The number of amides is 1. The van der Waals surface area contributed by atoms with Gasteiger partial charge in [0.1, 0.15) is 16.9 Å². The van der Waals surface area contributed by atoms with Gasteiger partial charge in [-0.3, -0.25) is 9.69 Å². The van der Waals surface area contributed by atoms with Gasteiger partial charge in [-0.05, 0) is 6.42 Å². The van der Waals surface area contributed by atoms with E-state index in [4.69, 9.17) is 0 Å². The molecule has 1 amide bonds. The minimum absolute atomic E-state index is 0.118. The largest absolute Gasteiger partial charge is 0.343 e. The molecule has 0 N–H and O–H groups in total. The van der Waals surface area contributed by atoms with Crippen molar-refractivity contribution < 1.29 is 17.6 Å². The van der Waals surface area contributed by atoms with Crippen molar-refractivity contribution in [3.8, 4) is 0 Å². The molecule has 22 heavy (non-hydrogen) atoms. The summed E-state index contributed by atoms with van der Waals surface area (Å²) in [5, 5.41) is 2.78. The number of alkyl halides is 1. The molecule has 0 aliphatic carbocycles. The topological polar surface area (TPSA) is 70.6 Å². The second kappa shape index (κ2) is 7.01. The number of carbonyl (C=O) groups is 1. The summed E-state index contributed by atoms with van der Waals surface area (Å²) in [6, 6.07) is -0.118. The molecule has 1 aliphatic heterocycles. The molecule has 1 aromatic rings. The zero-order chi connectivity index (χ0) is 16.3. The lowest BCUT2D eigenvalue weighted by atomic mass is 10.2. The van der Waals surface area contributed by atoms with Gasteiger partial charge >= 0.3 is 0 Å². The molecule has 0 aromatic carbocycles. The number of rotatable bonds is 6. The van der Waals surface area contributed by atoms with Crippen molar-refractivity contribution in [2.45, 2.75) is 25.2 Å². The number of sulfone groups is 1. The molecule has 2 atom stereocenters. The number of nitrogens with zero attached hydrogens (tertiary/aromatic N) is 3. The van der Waals surface area contributed by atoms with E-state index in [1.807, 2.05) is 10.3 Å². The first-order chi connectivity index (χ1) is 10.2. The Kier molecular flexibility index (Phi) is 5.51. The van der Waals surface area contributed by atoms with Crippen LogP contribution in [0.4, 0.5) is 4.39 Å². The Balaban J connectivity index is 1.95. The van der Waals surface area contributed by atoms with Crippen LogP contribution in [0.1, 0.15) is 11.4 Å². The van der Waals surface area contributed by atoms with Gasteiger partial charge in [0, 0.05) is 44.0 Å².